The van der Waals surface area contributed by atoms with Gasteiger partial charge in [0.25, 0.3) is 0 Å². The largest absolute Gasteiger partial charge is 0.384 e. The number of methoxy groups -OCH3 is 1. The maximum absolute atomic E-state index is 5.76. The molecule has 1 fully saturated rings. The van der Waals surface area contributed by atoms with Crippen LogP contribution < -0.4 is 11.1 Å². The van der Waals surface area contributed by atoms with Gasteiger partial charge in [-0.05, 0) is 25.4 Å². The monoisotopic (exact) mass is 265 g/mol. The first kappa shape index (κ1) is 14.0. The highest BCUT2D eigenvalue weighted by Crippen LogP contribution is 2.17. The Labute approximate surface area is 114 Å². The van der Waals surface area contributed by atoms with E-state index in [2.05, 4.69) is 27.1 Å². The molecule has 6 heteroatoms. The number of nitrogens with zero attached hydrogens (tertiary/aromatic N) is 3. The number of hydrogen-bond donors (Lipinski definition) is 2. The van der Waals surface area contributed by atoms with Gasteiger partial charge in [0.2, 0.25) is 0 Å². The van der Waals surface area contributed by atoms with Crippen LogP contribution in [0.2, 0.25) is 0 Å². The molecule has 1 atom stereocenters. The standard InChI is InChI=1S/C13H23N5O/c1-3-18-5-4-10(8-18)7-15-12-6-11(14)16-13(17-12)9-19-2/h6,10H,3-5,7-9H2,1-2H3,(H3,14,15,16,17). The Hall–Kier alpha value is -1.40. The lowest BCUT2D eigenvalue weighted by molar-refractivity contribution is 0.178. The second-order valence-electron chi connectivity index (χ2n) is 4.96. The predicted molar refractivity (Wildman–Crippen MR) is 75.9 cm³/mol. The number of nitrogens with two attached hydrogens (primary N) is 1. The molecule has 3 N–H and O–H groups in total. The van der Waals surface area contributed by atoms with Crippen molar-refractivity contribution in [2.75, 3.05) is 44.3 Å². The van der Waals surface area contributed by atoms with Gasteiger partial charge in [0.1, 0.15) is 18.2 Å². The zero-order valence-corrected chi connectivity index (χ0v) is 11.7. The molecule has 106 valence electrons. The van der Waals surface area contributed by atoms with Crippen LogP contribution in [0.1, 0.15) is 19.2 Å². The first-order chi connectivity index (χ1) is 9.21. The lowest BCUT2D eigenvalue weighted by atomic mass is 10.1. The van der Waals surface area contributed by atoms with E-state index in [0.29, 0.717) is 24.2 Å². The molecule has 19 heavy (non-hydrogen) atoms. The van der Waals surface area contributed by atoms with E-state index in [1.54, 1.807) is 13.2 Å². The molecule has 0 aliphatic carbocycles. The normalized spacial score (nSPS) is 19.8. The molecule has 1 aliphatic rings. The highest BCUT2D eigenvalue weighted by Gasteiger charge is 2.20. The van der Waals surface area contributed by atoms with Crippen molar-refractivity contribution in [1.29, 1.82) is 0 Å². The van der Waals surface area contributed by atoms with Crippen molar-refractivity contribution in [1.82, 2.24) is 14.9 Å². The number of anilines is 2. The Balaban J connectivity index is 1.88. The summed E-state index contributed by atoms with van der Waals surface area (Å²) in [5.74, 6) is 2.56. The van der Waals surface area contributed by atoms with Gasteiger partial charge in [-0.25, -0.2) is 9.97 Å². The number of rotatable bonds is 6. The van der Waals surface area contributed by atoms with Crippen molar-refractivity contribution in [2.24, 2.45) is 5.92 Å². The molecule has 0 spiro atoms. The molecule has 6 nitrogen and oxygen atoms in total. The maximum atomic E-state index is 5.76. The highest BCUT2D eigenvalue weighted by molar-refractivity contribution is 5.44. The zero-order chi connectivity index (χ0) is 13.7. The molecule has 1 aromatic rings. The minimum absolute atomic E-state index is 0.382. The van der Waals surface area contributed by atoms with Crippen LogP contribution >= 0.6 is 0 Å². The molecule has 2 rings (SSSR count). The van der Waals surface area contributed by atoms with Gasteiger partial charge in [0.05, 0.1) is 0 Å². The SMILES string of the molecule is CCN1CCC(CNc2cc(N)nc(COC)n2)C1. The summed E-state index contributed by atoms with van der Waals surface area (Å²) >= 11 is 0. The average Bonchev–Trinajstić information content (AvgIpc) is 2.84. The second kappa shape index (κ2) is 6.68. The van der Waals surface area contributed by atoms with Gasteiger partial charge >= 0.3 is 0 Å². The molecule has 0 amide bonds. The lowest BCUT2D eigenvalue weighted by Gasteiger charge is -2.14. The van der Waals surface area contributed by atoms with Crippen molar-refractivity contribution in [3.05, 3.63) is 11.9 Å². The van der Waals surface area contributed by atoms with E-state index >= 15 is 0 Å². The van der Waals surface area contributed by atoms with Crippen LogP contribution in [-0.2, 0) is 11.3 Å². The summed E-state index contributed by atoms with van der Waals surface area (Å²) in [5, 5.41) is 3.36. The number of likely N-dealkylation sites (tertiary alicyclic amines) is 1. The fourth-order valence-corrected chi connectivity index (χ4v) is 2.42. The summed E-state index contributed by atoms with van der Waals surface area (Å²) in [7, 11) is 1.62. The van der Waals surface area contributed by atoms with Gasteiger partial charge in [-0.1, -0.05) is 6.92 Å². The van der Waals surface area contributed by atoms with E-state index in [9.17, 15) is 0 Å². The van der Waals surface area contributed by atoms with Crippen LogP contribution in [0.5, 0.6) is 0 Å². The Kier molecular flexibility index (Phi) is 4.93. The fourth-order valence-electron chi connectivity index (χ4n) is 2.42. The molecule has 0 aromatic carbocycles. The van der Waals surface area contributed by atoms with Crippen LogP contribution in [0.15, 0.2) is 6.07 Å². The topological polar surface area (TPSA) is 76.3 Å². The van der Waals surface area contributed by atoms with Crippen LogP contribution in [0.3, 0.4) is 0 Å². The van der Waals surface area contributed by atoms with E-state index in [1.807, 2.05) is 0 Å². The zero-order valence-electron chi connectivity index (χ0n) is 11.7. The quantitative estimate of drug-likeness (QED) is 0.798. The molecule has 1 aromatic heterocycles. The lowest BCUT2D eigenvalue weighted by Crippen LogP contribution is -2.22. The summed E-state index contributed by atoms with van der Waals surface area (Å²) in [4.78, 5) is 11.0. The van der Waals surface area contributed by atoms with Gasteiger partial charge in [0, 0.05) is 26.3 Å². The Morgan fingerprint density at radius 1 is 1.53 bits per heavy atom. The van der Waals surface area contributed by atoms with Crippen molar-refractivity contribution >= 4 is 11.6 Å². The van der Waals surface area contributed by atoms with E-state index in [4.69, 9.17) is 10.5 Å². The van der Waals surface area contributed by atoms with Crippen molar-refractivity contribution in [3.63, 3.8) is 0 Å². The predicted octanol–water partition coefficient (Wildman–Crippen LogP) is 0.959. The second-order valence-corrected chi connectivity index (χ2v) is 4.96. The number of nitrogens with one attached hydrogen (secondary N) is 1. The molecular formula is C13H23N5O. The van der Waals surface area contributed by atoms with E-state index in [0.717, 1.165) is 25.5 Å². The Morgan fingerprint density at radius 2 is 2.37 bits per heavy atom. The summed E-state index contributed by atoms with van der Waals surface area (Å²) in [6.45, 7) is 7.01. The molecular weight excluding hydrogens is 242 g/mol. The number of ether oxygens (including phenoxy) is 1. The first-order valence-corrected chi connectivity index (χ1v) is 6.80. The van der Waals surface area contributed by atoms with E-state index in [-0.39, 0.29) is 0 Å². The van der Waals surface area contributed by atoms with Gasteiger partial charge in [-0.3, -0.25) is 0 Å². The molecule has 1 aliphatic heterocycles. The van der Waals surface area contributed by atoms with Crippen molar-refractivity contribution in [2.45, 2.75) is 20.0 Å². The van der Waals surface area contributed by atoms with E-state index < -0.39 is 0 Å². The molecule has 1 saturated heterocycles. The third kappa shape index (κ3) is 4.04. The molecule has 0 bridgehead atoms. The smallest absolute Gasteiger partial charge is 0.158 e. The highest BCUT2D eigenvalue weighted by atomic mass is 16.5. The van der Waals surface area contributed by atoms with Crippen LogP contribution in [0.4, 0.5) is 11.6 Å². The molecule has 1 unspecified atom stereocenters. The third-order valence-electron chi connectivity index (χ3n) is 3.45. The number of aromatic nitrogens is 2. The summed E-state index contributed by atoms with van der Waals surface area (Å²) in [6, 6.07) is 1.77. The van der Waals surface area contributed by atoms with Gasteiger partial charge in [-0.2, -0.15) is 0 Å². The van der Waals surface area contributed by atoms with Crippen molar-refractivity contribution < 1.29 is 4.74 Å². The number of nitrogen functional groups attached to an aromatic ring is 1. The number of hydrogen-bond acceptors (Lipinski definition) is 6. The van der Waals surface area contributed by atoms with Crippen LogP contribution in [-0.4, -0.2) is 48.2 Å². The fraction of sp³-hybridized carbons (Fsp3) is 0.692. The maximum Gasteiger partial charge on any atom is 0.158 e. The van der Waals surface area contributed by atoms with E-state index in [1.165, 1.54) is 13.0 Å². The average molecular weight is 265 g/mol. The van der Waals surface area contributed by atoms with Gasteiger partial charge < -0.3 is 20.7 Å². The minimum Gasteiger partial charge on any atom is -0.384 e. The van der Waals surface area contributed by atoms with Gasteiger partial charge in [-0.15, -0.1) is 0 Å². The third-order valence-corrected chi connectivity index (χ3v) is 3.45. The summed E-state index contributed by atoms with van der Waals surface area (Å²) in [5.41, 5.74) is 5.76. The van der Waals surface area contributed by atoms with Gasteiger partial charge in [0.15, 0.2) is 5.82 Å². The minimum atomic E-state index is 0.382. The summed E-state index contributed by atoms with van der Waals surface area (Å²) in [6.07, 6.45) is 1.24. The summed E-state index contributed by atoms with van der Waals surface area (Å²) < 4.78 is 5.03. The van der Waals surface area contributed by atoms with Crippen LogP contribution in [0.25, 0.3) is 0 Å². The van der Waals surface area contributed by atoms with Crippen molar-refractivity contribution in [3.8, 4) is 0 Å². The molecule has 2 heterocycles. The molecule has 0 radical (unpaired) electrons. The Morgan fingerprint density at radius 3 is 3.05 bits per heavy atom. The molecule has 0 saturated carbocycles. The first-order valence-electron chi connectivity index (χ1n) is 6.80. The Bertz CT molecular complexity index is 412. The van der Waals surface area contributed by atoms with Crippen LogP contribution in [0, 0.1) is 5.92 Å².